The summed E-state index contributed by atoms with van der Waals surface area (Å²) in [5.41, 5.74) is 3.60. The van der Waals surface area contributed by atoms with E-state index < -0.39 is 11.1 Å². The van der Waals surface area contributed by atoms with Gasteiger partial charge in [0.1, 0.15) is 16.6 Å². The third-order valence-corrected chi connectivity index (χ3v) is 7.65. The zero-order valence-electron chi connectivity index (χ0n) is 18.4. The lowest BCUT2D eigenvalue weighted by atomic mass is 9.71. The van der Waals surface area contributed by atoms with Crippen molar-refractivity contribution in [2.45, 2.75) is 38.6 Å². The molecule has 1 aromatic carbocycles. The summed E-state index contributed by atoms with van der Waals surface area (Å²) in [5, 5.41) is 3.26. The quantitative estimate of drug-likeness (QED) is 0.459. The molecule has 1 saturated carbocycles. The van der Waals surface area contributed by atoms with Crippen LogP contribution in [0.2, 0.25) is 0 Å². The fourth-order valence-electron chi connectivity index (χ4n) is 4.97. The number of nitrogens with one attached hydrogen (secondary N) is 1. The highest BCUT2D eigenvalue weighted by atomic mass is 32.1. The molecule has 0 bridgehead atoms. The Hall–Kier alpha value is -3.18. The zero-order valence-corrected chi connectivity index (χ0v) is 19.2. The van der Waals surface area contributed by atoms with Crippen molar-refractivity contribution in [1.29, 1.82) is 0 Å². The van der Waals surface area contributed by atoms with Crippen LogP contribution in [-0.2, 0) is 11.8 Å². The number of benzene rings is 1. The van der Waals surface area contributed by atoms with Crippen LogP contribution in [0.3, 0.4) is 0 Å². The van der Waals surface area contributed by atoms with Gasteiger partial charge in [0.05, 0.1) is 31.1 Å². The molecule has 2 aliphatic rings. The Balaban J connectivity index is 1.43. The van der Waals surface area contributed by atoms with Gasteiger partial charge < -0.3 is 14.6 Å². The summed E-state index contributed by atoms with van der Waals surface area (Å²) < 4.78 is 16.9. The van der Waals surface area contributed by atoms with E-state index in [9.17, 15) is 9.59 Å². The van der Waals surface area contributed by atoms with Crippen molar-refractivity contribution in [1.82, 2.24) is 27.8 Å². The smallest absolute Gasteiger partial charge is 0.318 e. The highest BCUT2D eigenvalue weighted by Crippen LogP contribution is 2.45. The van der Waals surface area contributed by atoms with Crippen LogP contribution in [0.15, 0.2) is 27.9 Å². The first-order chi connectivity index (χ1) is 15.9. The summed E-state index contributed by atoms with van der Waals surface area (Å²) in [5.74, 6) is 0.361. The molecule has 33 heavy (non-hydrogen) atoms. The monoisotopic (exact) mass is 465 g/mol. The number of fused-ring (bicyclic) bond motifs is 2. The molecule has 0 unspecified atom stereocenters. The van der Waals surface area contributed by atoms with E-state index in [0.717, 1.165) is 61.2 Å². The Labute approximate surface area is 192 Å². The lowest BCUT2D eigenvalue weighted by Gasteiger charge is -2.46. The maximum atomic E-state index is 13.1. The molecule has 1 saturated heterocycles. The molecule has 4 aromatic rings. The van der Waals surface area contributed by atoms with E-state index in [1.54, 1.807) is 17.8 Å². The first-order valence-corrected chi connectivity index (χ1v) is 11.7. The molecular formula is C22H23N7O3S. The van der Waals surface area contributed by atoms with Gasteiger partial charge in [-0.25, -0.2) is 4.98 Å². The van der Waals surface area contributed by atoms with Gasteiger partial charge in [-0.3, -0.25) is 14.2 Å². The molecule has 0 atom stereocenters. The molecule has 1 spiro atoms. The van der Waals surface area contributed by atoms with Gasteiger partial charge in [-0.2, -0.15) is 13.7 Å². The Kier molecular flexibility index (Phi) is 4.59. The van der Waals surface area contributed by atoms with Crippen molar-refractivity contribution < 1.29 is 4.74 Å². The van der Waals surface area contributed by atoms with Gasteiger partial charge in [-0.15, -0.1) is 0 Å². The second-order valence-corrected chi connectivity index (χ2v) is 9.74. The number of aromatic nitrogens is 6. The fourth-order valence-corrected chi connectivity index (χ4v) is 5.48. The molecule has 170 valence electrons. The van der Waals surface area contributed by atoms with E-state index in [2.05, 4.69) is 19.0 Å². The number of hydrogen-bond donors (Lipinski definition) is 1. The van der Waals surface area contributed by atoms with E-state index in [1.807, 2.05) is 19.1 Å². The van der Waals surface area contributed by atoms with Crippen LogP contribution in [0, 0.1) is 12.3 Å². The van der Waals surface area contributed by atoms with Crippen LogP contribution < -0.4 is 16.4 Å². The van der Waals surface area contributed by atoms with E-state index in [1.165, 1.54) is 16.3 Å². The van der Waals surface area contributed by atoms with Gasteiger partial charge in [-0.05, 0) is 50.3 Å². The first kappa shape index (κ1) is 20.4. The van der Waals surface area contributed by atoms with E-state index >= 15 is 0 Å². The summed E-state index contributed by atoms with van der Waals surface area (Å²) in [4.78, 5) is 34.9. The standard InChI is InChI=1S/C22H23N7O3S/c1-12-7-15-16(27-33-26-15)8-14(12)24-21-23-9-17-18(25-21)29(20(31)19(30)28(17)2)13-3-5-22(6-4-13)10-32-11-22/h7-9,13H,3-6,10-11H2,1-2H3,(H,23,24,25). The van der Waals surface area contributed by atoms with Crippen molar-refractivity contribution in [3.8, 4) is 0 Å². The predicted octanol–water partition coefficient (Wildman–Crippen LogP) is 2.68. The second kappa shape index (κ2) is 7.42. The molecule has 3 aromatic heterocycles. The van der Waals surface area contributed by atoms with Crippen molar-refractivity contribution in [3.63, 3.8) is 0 Å². The van der Waals surface area contributed by atoms with Gasteiger partial charge in [0.2, 0.25) is 5.95 Å². The molecule has 0 radical (unpaired) electrons. The summed E-state index contributed by atoms with van der Waals surface area (Å²) in [6.45, 7) is 3.56. The lowest BCUT2D eigenvalue weighted by molar-refractivity contribution is -0.135. The SMILES string of the molecule is Cc1cc2nsnc2cc1Nc1ncc2c(n1)n(C1CCC3(CC1)COC3)c(=O)c(=O)n2C. The Bertz CT molecular complexity index is 1510. The molecule has 2 fully saturated rings. The van der Waals surface area contributed by atoms with E-state index in [-0.39, 0.29) is 11.5 Å². The van der Waals surface area contributed by atoms with Gasteiger partial charge in [0.25, 0.3) is 0 Å². The minimum absolute atomic E-state index is 0.0676. The molecule has 1 aliphatic heterocycles. The highest BCUT2D eigenvalue weighted by molar-refractivity contribution is 7.00. The van der Waals surface area contributed by atoms with Crippen LogP contribution >= 0.6 is 11.7 Å². The van der Waals surface area contributed by atoms with Crippen molar-refractivity contribution >= 4 is 45.6 Å². The van der Waals surface area contributed by atoms with Crippen LogP contribution in [0.25, 0.3) is 22.2 Å². The normalized spacial score (nSPS) is 18.1. The first-order valence-electron chi connectivity index (χ1n) is 11.0. The number of nitrogens with zero attached hydrogens (tertiary/aromatic N) is 6. The van der Waals surface area contributed by atoms with E-state index in [0.29, 0.717) is 17.1 Å². The third kappa shape index (κ3) is 3.25. The fraction of sp³-hybridized carbons (Fsp3) is 0.455. The molecule has 6 rings (SSSR count). The molecule has 1 aliphatic carbocycles. The average molecular weight is 466 g/mol. The van der Waals surface area contributed by atoms with Crippen LogP contribution in [0.5, 0.6) is 0 Å². The summed E-state index contributed by atoms with van der Waals surface area (Å²) in [6, 6.07) is 3.81. The van der Waals surface area contributed by atoms with Gasteiger partial charge in [0.15, 0.2) is 5.65 Å². The third-order valence-electron chi connectivity index (χ3n) is 7.09. The topological polar surface area (TPSA) is 117 Å². The summed E-state index contributed by atoms with van der Waals surface area (Å²) >= 11 is 1.17. The number of rotatable bonds is 3. The van der Waals surface area contributed by atoms with Gasteiger partial charge in [0, 0.05) is 24.2 Å². The summed E-state index contributed by atoms with van der Waals surface area (Å²) in [6.07, 6.45) is 5.22. The predicted molar refractivity (Wildman–Crippen MR) is 125 cm³/mol. The molecule has 4 heterocycles. The van der Waals surface area contributed by atoms with Crippen LogP contribution in [-0.4, -0.2) is 41.1 Å². The largest absolute Gasteiger partial charge is 0.380 e. The minimum atomic E-state index is -0.559. The summed E-state index contributed by atoms with van der Waals surface area (Å²) in [7, 11) is 1.59. The average Bonchev–Trinajstić information content (AvgIpc) is 3.24. The number of ether oxygens (including phenoxy) is 1. The van der Waals surface area contributed by atoms with Gasteiger partial charge >= 0.3 is 11.1 Å². The zero-order chi connectivity index (χ0) is 22.7. The highest BCUT2D eigenvalue weighted by Gasteiger charge is 2.42. The Morgan fingerprint density at radius 3 is 2.55 bits per heavy atom. The lowest BCUT2D eigenvalue weighted by Crippen LogP contribution is -2.48. The molecule has 11 heteroatoms. The minimum Gasteiger partial charge on any atom is -0.380 e. The van der Waals surface area contributed by atoms with Crippen molar-refractivity contribution in [2.75, 3.05) is 18.5 Å². The van der Waals surface area contributed by atoms with Crippen LogP contribution in [0.1, 0.15) is 37.3 Å². The van der Waals surface area contributed by atoms with E-state index in [4.69, 9.17) is 9.72 Å². The maximum absolute atomic E-state index is 13.1. The molecular weight excluding hydrogens is 442 g/mol. The molecule has 0 amide bonds. The number of aryl methyl sites for hydroxylation is 2. The Morgan fingerprint density at radius 2 is 1.85 bits per heavy atom. The van der Waals surface area contributed by atoms with Gasteiger partial charge in [-0.1, -0.05) is 0 Å². The molecule has 1 N–H and O–H groups in total. The number of hydrogen-bond acceptors (Lipinski definition) is 9. The molecule has 10 nitrogen and oxygen atoms in total. The number of anilines is 2. The van der Waals surface area contributed by atoms with Crippen LogP contribution in [0.4, 0.5) is 11.6 Å². The Morgan fingerprint density at radius 1 is 1.12 bits per heavy atom. The van der Waals surface area contributed by atoms with Crippen molar-refractivity contribution in [3.05, 3.63) is 44.6 Å². The van der Waals surface area contributed by atoms with Crippen molar-refractivity contribution in [2.24, 2.45) is 12.5 Å². The second-order valence-electron chi connectivity index (χ2n) is 9.21. The maximum Gasteiger partial charge on any atom is 0.318 e.